The van der Waals surface area contributed by atoms with Gasteiger partial charge < -0.3 is 33.8 Å². The fraction of sp³-hybridized carbons (Fsp3) is 0.211. The van der Waals surface area contributed by atoms with Crippen LogP contribution in [0.25, 0.3) is 89.8 Å². The molecule has 2 amide bonds. The number of benzene rings is 6. The predicted octanol–water partition coefficient (Wildman–Crippen LogP) is 14.2. The van der Waals surface area contributed by atoms with Crippen molar-refractivity contribution in [1.29, 1.82) is 0 Å². The van der Waals surface area contributed by atoms with E-state index in [0.29, 0.717) is 72.5 Å². The van der Waals surface area contributed by atoms with Gasteiger partial charge in [-0.15, -0.1) is 0 Å². The summed E-state index contributed by atoms with van der Waals surface area (Å²) >= 11 is 5.90. The van der Waals surface area contributed by atoms with E-state index in [0.717, 1.165) is 60.3 Å². The van der Waals surface area contributed by atoms with Crippen LogP contribution < -0.4 is 24.7 Å². The van der Waals surface area contributed by atoms with Gasteiger partial charge in [-0.05, 0) is 167 Å². The quantitative estimate of drug-likeness (QED) is 0.0591. The van der Waals surface area contributed by atoms with E-state index in [9.17, 15) is 44.0 Å². The Kier molecular flexibility index (Phi) is 18.3. The molecular formula is C71H65BClF4N7O10S2. The topological polar surface area (TPSA) is 219 Å². The second-order valence-electron chi connectivity index (χ2n) is 24.3. The number of sulfonamides is 2. The Bertz CT molecular complexity index is 5200. The van der Waals surface area contributed by atoms with Crippen molar-refractivity contribution in [2.24, 2.45) is 0 Å². The van der Waals surface area contributed by atoms with Crippen LogP contribution in [0.3, 0.4) is 0 Å². The van der Waals surface area contributed by atoms with E-state index in [2.05, 4.69) is 20.6 Å². The van der Waals surface area contributed by atoms with Crippen molar-refractivity contribution in [2.75, 3.05) is 49.3 Å². The average molecular weight is 1360 g/mol. The highest BCUT2D eigenvalue weighted by atomic mass is 35.5. The van der Waals surface area contributed by atoms with E-state index < -0.39 is 61.8 Å². The van der Waals surface area contributed by atoms with Crippen LogP contribution in [0.4, 0.5) is 28.9 Å². The lowest BCUT2D eigenvalue weighted by atomic mass is 9.77. The summed E-state index contributed by atoms with van der Waals surface area (Å²) in [4.78, 5) is 38.5. The molecule has 13 rings (SSSR count). The Morgan fingerprint density at radius 1 is 0.615 bits per heavy atom. The van der Waals surface area contributed by atoms with Gasteiger partial charge in [0.15, 0.2) is 0 Å². The molecule has 0 atom stereocenters. The molecule has 0 saturated carbocycles. The first-order valence-electron chi connectivity index (χ1n) is 30.0. The molecule has 1 fully saturated rings. The zero-order valence-electron chi connectivity index (χ0n) is 54.2. The summed E-state index contributed by atoms with van der Waals surface area (Å²) in [6.45, 7) is 11.4. The lowest BCUT2D eigenvalue weighted by Crippen LogP contribution is -2.41. The van der Waals surface area contributed by atoms with Gasteiger partial charge in [0.05, 0.1) is 69.0 Å². The van der Waals surface area contributed by atoms with Gasteiger partial charge in [0.2, 0.25) is 20.0 Å². The van der Waals surface area contributed by atoms with E-state index in [1.165, 1.54) is 88.9 Å². The van der Waals surface area contributed by atoms with Gasteiger partial charge in [-0.2, -0.15) is 0 Å². The van der Waals surface area contributed by atoms with Crippen molar-refractivity contribution in [1.82, 2.24) is 25.6 Å². The molecule has 494 valence electrons. The third-order valence-electron chi connectivity index (χ3n) is 17.4. The zero-order chi connectivity index (χ0) is 69.2. The number of aromatic nitrogens is 3. The van der Waals surface area contributed by atoms with Crippen LogP contribution in [0.1, 0.15) is 76.4 Å². The van der Waals surface area contributed by atoms with Crippen LogP contribution in [-0.4, -0.2) is 103 Å². The van der Waals surface area contributed by atoms with Crippen molar-refractivity contribution in [2.45, 2.75) is 59.2 Å². The average Bonchev–Trinajstić information content (AvgIpc) is 1.57. The Balaban J connectivity index is 0.000000158. The number of carbonyl (C=O) groups excluding carboxylic acids is 2. The molecule has 3 N–H and O–H groups in total. The lowest BCUT2D eigenvalue weighted by Gasteiger charge is -2.32. The molecule has 1 aliphatic carbocycles. The molecule has 11 aromatic rings. The molecule has 1 saturated heterocycles. The van der Waals surface area contributed by atoms with Gasteiger partial charge >= 0.3 is 7.12 Å². The van der Waals surface area contributed by atoms with Crippen LogP contribution in [-0.2, 0) is 35.8 Å². The number of carbonyl (C=O) groups is 2. The second kappa shape index (κ2) is 25.9. The standard InChI is InChI=1S/C33H27F2N3O4S.C24H28BFN2O6S.C14H10ClFN2/c1-18-8-13-27(37-31(18)21-14-20-6-5-7-26(35)23(20)15-21)24-16-25-29(17-28(24)38(3)43(4,40)41)42-32(30(25)33(39)36-2)19-9-11-22(34)12-10-19;1-23(2)24(3,4)34-25(33-23)17-12-16-19(13-18(17)28(6)35(7,30)31)32-21(20(16)22(29)27-5)14-8-10-15(26)11-9-14;1-8-5-6-13(15)18-14(8)12-7-9-10(16)3-2-4-11(9)17-12/h5-13,15-17H,14H2,1-4H3,(H,36,39);8-13H,1-7H3,(H,27,29);2-7,17H,1H3. The van der Waals surface area contributed by atoms with E-state index in [1.54, 1.807) is 60.7 Å². The number of nitrogens with one attached hydrogen (secondary N) is 3. The largest absolute Gasteiger partial charge is 0.497 e. The molecule has 0 bridgehead atoms. The number of rotatable bonds is 12. The number of fused-ring (bicyclic) bond motifs is 4. The number of furan rings is 2. The number of anilines is 2. The maximum absolute atomic E-state index is 14.5. The van der Waals surface area contributed by atoms with Crippen LogP contribution >= 0.6 is 11.6 Å². The molecular weight excluding hydrogens is 1300 g/mol. The summed E-state index contributed by atoms with van der Waals surface area (Å²) in [5.74, 6) is -1.80. The smallest absolute Gasteiger partial charge is 0.455 e. The van der Waals surface area contributed by atoms with Gasteiger partial charge in [-0.1, -0.05) is 41.9 Å². The predicted molar refractivity (Wildman–Crippen MR) is 369 cm³/mol. The molecule has 0 spiro atoms. The summed E-state index contributed by atoms with van der Waals surface area (Å²) in [7, 11) is -2.43. The van der Waals surface area contributed by atoms with Gasteiger partial charge in [0, 0.05) is 96.1 Å². The van der Waals surface area contributed by atoms with Crippen molar-refractivity contribution >= 4 is 112 Å². The van der Waals surface area contributed by atoms with E-state index in [-0.39, 0.29) is 51.1 Å². The summed E-state index contributed by atoms with van der Waals surface area (Å²) in [6, 6.07) is 36.6. The molecule has 6 heterocycles. The molecule has 5 aromatic heterocycles. The minimum Gasteiger partial charge on any atom is -0.455 e. The van der Waals surface area contributed by atoms with Crippen LogP contribution in [0.2, 0.25) is 5.15 Å². The first-order valence-corrected chi connectivity index (χ1v) is 34.1. The maximum Gasteiger partial charge on any atom is 0.497 e. The lowest BCUT2D eigenvalue weighted by molar-refractivity contribution is 0.00578. The molecule has 25 heteroatoms. The summed E-state index contributed by atoms with van der Waals surface area (Å²) in [5, 5.41) is 7.11. The van der Waals surface area contributed by atoms with Gasteiger partial charge in [-0.3, -0.25) is 18.2 Å². The number of amides is 2. The fourth-order valence-corrected chi connectivity index (χ4v) is 12.5. The Labute approximate surface area is 557 Å². The number of aromatic amines is 1. The Morgan fingerprint density at radius 2 is 1.12 bits per heavy atom. The molecule has 1 aliphatic heterocycles. The number of allylic oxidation sites excluding steroid dienone is 1. The van der Waals surface area contributed by atoms with Crippen LogP contribution in [0.5, 0.6) is 0 Å². The number of halogens is 5. The van der Waals surface area contributed by atoms with Crippen LogP contribution in [0.15, 0.2) is 148 Å². The Morgan fingerprint density at radius 3 is 1.67 bits per heavy atom. The zero-order valence-corrected chi connectivity index (χ0v) is 56.6. The van der Waals surface area contributed by atoms with E-state index in [1.807, 2.05) is 65.8 Å². The fourth-order valence-electron chi connectivity index (χ4n) is 11.4. The van der Waals surface area contributed by atoms with E-state index >= 15 is 0 Å². The second-order valence-corrected chi connectivity index (χ2v) is 28.7. The minimum atomic E-state index is -3.72. The summed E-state index contributed by atoms with van der Waals surface area (Å²) in [6.07, 6.45) is 4.48. The molecule has 0 unspecified atom stereocenters. The number of pyridine rings is 2. The van der Waals surface area contributed by atoms with Crippen molar-refractivity contribution < 1.29 is 62.1 Å². The molecule has 6 aromatic carbocycles. The van der Waals surface area contributed by atoms with E-state index in [4.69, 9.17) is 34.7 Å². The first kappa shape index (κ1) is 67.8. The Hall–Kier alpha value is -9.59. The number of hydrogen-bond donors (Lipinski definition) is 3. The van der Waals surface area contributed by atoms with Crippen molar-refractivity contribution in [3.8, 4) is 45.3 Å². The van der Waals surface area contributed by atoms with Gasteiger partial charge in [0.25, 0.3) is 11.8 Å². The summed E-state index contributed by atoms with van der Waals surface area (Å²) < 4.78 is 133. The number of hydrogen-bond acceptors (Lipinski definition) is 12. The van der Waals surface area contributed by atoms with Gasteiger partial charge in [-0.25, -0.2) is 44.4 Å². The summed E-state index contributed by atoms with van der Waals surface area (Å²) in [5.41, 5.74) is 9.58. The third kappa shape index (κ3) is 13.1. The first-order chi connectivity index (χ1) is 45.3. The highest BCUT2D eigenvalue weighted by Crippen LogP contribution is 2.44. The number of nitrogens with zero attached hydrogens (tertiary/aromatic N) is 4. The third-order valence-corrected chi connectivity index (χ3v) is 20.0. The molecule has 96 heavy (non-hydrogen) atoms. The normalized spacial score (nSPS) is 14.0. The minimum absolute atomic E-state index is 0.216. The van der Waals surface area contributed by atoms with Crippen LogP contribution in [0, 0.1) is 37.1 Å². The number of H-pyrrole nitrogens is 1. The van der Waals surface area contributed by atoms with Gasteiger partial charge in [0.1, 0.15) is 51.1 Å². The molecule has 0 radical (unpaired) electrons. The highest BCUT2D eigenvalue weighted by Gasteiger charge is 2.53. The van der Waals surface area contributed by atoms with Crippen molar-refractivity contribution in [3.05, 3.63) is 207 Å². The maximum atomic E-state index is 14.5. The molecule has 2 aliphatic rings. The highest BCUT2D eigenvalue weighted by molar-refractivity contribution is 7.92. The SMILES string of the molecule is CNC(=O)c1c(-c2ccc(F)cc2)oc2cc(N(C)S(C)(=O)=O)c(-c3ccc(C)c(C4=Cc5c(F)cccc5C4)n3)cc12.CNC(=O)c1c(-c2ccc(F)cc2)oc2cc(N(C)S(C)(=O)=O)c(B3OC(C)(C)C(C)(C)O3)cc12.Cc1ccc(Cl)nc1-c1cc2c(F)cccc2[nH]1. The van der Waals surface area contributed by atoms with Crippen molar-refractivity contribution in [3.63, 3.8) is 0 Å². The number of aryl methyl sites for hydroxylation is 2. The molecule has 17 nitrogen and oxygen atoms in total. The monoisotopic (exact) mass is 1360 g/mol.